The first kappa shape index (κ1) is 24.9. The van der Waals surface area contributed by atoms with Crippen molar-refractivity contribution in [1.29, 1.82) is 0 Å². The Morgan fingerprint density at radius 2 is 0.889 bits per heavy atom. The number of carboxylic acid groups (broad SMARTS) is 2. The lowest BCUT2D eigenvalue weighted by atomic mass is 9.68. The van der Waals surface area contributed by atoms with Crippen LogP contribution >= 0.6 is 0 Å². The quantitative estimate of drug-likeness (QED) is 0.290. The zero-order valence-corrected chi connectivity index (χ0v) is 20.9. The van der Waals surface area contributed by atoms with E-state index in [-0.39, 0.29) is 16.7 Å². The number of hydrogen-bond donors (Lipinski definition) is 2. The first-order valence-corrected chi connectivity index (χ1v) is 11.9. The summed E-state index contributed by atoms with van der Waals surface area (Å²) in [4.78, 5) is 25.8. The van der Waals surface area contributed by atoms with Crippen molar-refractivity contribution in [2.75, 3.05) is 0 Å². The van der Waals surface area contributed by atoms with Crippen molar-refractivity contribution in [3.63, 3.8) is 0 Å². The van der Waals surface area contributed by atoms with Gasteiger partial charge in [-0.2, -0.15) is 0 Å². The maximum absolute atomic E-state index is 12.9. The molecule has 2 N–H and O–H groups in total. The second kappa shape index (κ2) is 9.46. The number of benzene rings is 4. The predicted molar refractivity (Wildman–Crippen MR) is 143 cm³/mol. The van der Waals surface area contributed by atoms with Gasteiger partial charge in [0.25, 0.3) is 0 Å². The zero-order chi connectivity index (χ0) is 26.1. The van der Waals surface area contributed by atoms with Gasteiger partial charge in [-0.25, -0.2) is 9.59 Å². The third-order valence-corrected chi connectivity index (χ3v) is 7.16. The Balaban J connectivity index is 2.21. The van der Waals surface area contributed by atoms with E-state index in [9.17, 15) is 19.8 Å². The molecule has 0 saturated heterocycles. The van der Waals surface area contributed by atoms with Crippen LogP contribution in [0.25, 0.3) is 11.1 Å². The van der Waals surface area contributed by atoms with Crippen molar-refractivity contribution >= 4 is 11.9 Å². The highest BCUT2D eigenvalue weighted by atomic mass is 16.4. The Morgan fingerprint density at radius 3 is 1.22 bits per heavy atom. The average Bonchev–Trinajstić information content (AvgIpc) is 2.88. The standard InChI is InChI=1S/C32H30O4/c1-31(2,22-16-10-6-11-17-22)24-20-25(32(3,4)23-18-12-7-13-19-23)28(30(35)36)26(27(24)29(33)34)21-14-8-5-9-15-21/h5-20H,1-4H3,(H,33,34)(H,35,36). The molecule has 0 bridgehead atoms. The SMILES string of the molecule is CC(C)(c1ccccc1)c1cc(C(C)(C)c2ccccc2)c(C(=O)O)c(-c2ccccc2)c1C(=O)O. The molecule has 0 unspecified atom stereocenters. The van der Waals surface area contributed by atoms with Crippen LogP contribution in [0.4, 0.5) is 0 Å². The van der Waals surface area contributed by atoms with Gasteiger partial charge in [-0.15, -0.1) is 0 Å². The molecular weight excluding hydrogens is 448 g/mol. The first-order valence-electron chi connectivity index (χ1n) is 11.9. The highest BCUT2D eigenvalue weighted by Gasteiger charge is 2.38. The topological polar surface area (TPSA) is 74.6 Å². The van der Waals surface area contributed by atoms with Gasteiger partial charge in [0.05, 0.1) is 11.1 Å². The lowest BCUT2D eigenvalue weighted by molar-refractivity contribution is 0.0694. The normalized spacial score (nSPS) is 11.8. The van der Waals surface area contributed by atoms with Gasteiger partial charge in [-0.3, -0.25) is 0 Å². The highest BCUT2D eigenvalue weighted by molar-refractivity contribution is 6.07. The maximum atomic E-state index is 12.9. The molecule has 0 aliphatic carbocycles. The van der Waals surface area contributed by atoms with Gasteiger partial charge in [0.2, 0.25) is 0 Å². The van der Waals surface area contributed by atoms with Crippen LogP contribution in [0.5, 0.6) is 0 Å². The van der Waals surface area contributed by atoms with Crippen molar-refractivity contribution in [1.82, 2.24) is 0 Å². The molecule has 0 spiro atoms. The third-order valence-electron chi connectivity index (χ3n) is 7.16. The second-order valence-electron chi connectivity index (χ2n) is 10.1. The first-order chi connectivity index (χ1) is 17.1. The van der Waals surface area contributed by atoms with E-state index in [1.54, 1.807) is 30.3 Å². The molecule has 36 heavy (non-hydrogen) atoms. The van der Waals surface area contributed by atoms with Crippen molar-refractivity contribution in [2.24, 2.45) is 0 Å². The summed E-state index contributed by atoms with van der Waals surface area (Å²) >= 11 is 0. The van der Waals surface area contributed by atoms with Gasteiger partial charge < -0.3 is 10.2 Å². The van der Waals surface area contributed by atoms with Crippen molar-refractivity contribution in [3.8, 4) is 11.1 Å². The van der Waals surface area contributed by atoms with Gasteiger partial charge >= 0.3 is 11.9 Å². The van der Waals surface area contributed by atoms with Crippen LogP contribution < -0.4 is 0 Å². The number of carboxylic acids is 2. The molecule has 4 heteroatoms. The van der Waals surface area contributed by atoms with Gasteiger partial charge in [0.15, 0.2) is 0 Å². The summed E-state index contributed by atoms with van der Waals surface area (Å²) in [5, 5.41) is 21.1. The fourth-order valence-corrected chi connectivity index (χ4v) is 5.03. The van der Waals surface area contributed by atoms with E-state index in [1.807, 2.05) is 94.4 Å². The largest absolute Gasteiger partial charge is 0.478 e. The molecular formula is C32H30O4. The molecule has 0 aliphatic heterocycles. The fourth-order valence-electron chi connectivity index (χ4n) is 5.03. The Labute approximate surface area is 211 Å². The minimum Gasteiger partial charge on any atom is -0.478 e. The monoisotopic (exact) mass is 478 g/mol. The molecule has 0 radical (unpaired) electrons. The van der Waals surface area contributed by atoms with Crippen LogP contribution in [-0.2, 0) is 10.8 Å². The Kier molecular flexibility index (Phi) is 6.55. The summed E-state index contributed by atoms with van der Waals surface area (Å²) in [6, 6.07) is 30.2. The van der Waals surface area contributed by atoms with E-state index in [0.717, 1.165) is 11.1 Å². The fraction of sp³-hybridized carbons (Fsp3) is 0.188. The van der Waals surface area contributed by atoms with Crippen LogP contribution in [0.2, 0.25) is 0 Å². The summed E-state index contributed by atoms with van der Waals surface area (Å²) in [5.41, 5.74) is 2.43. The zero-order valence-electron chi connectivity index (χ0n) is 20.9. The minimum absolute atomic E-state index is 0.0139. The van der Waals surface area contributed by atoms with E-state index in [4.69, 9.17) is 0 Å². The molecule has 4 aromatic carbocycles. The second-order valence-corrected chi connectivity index (χ2v) is 10.1. The van der Waals surface area contributed by atoms with Crippen LogP contribution in [0.1, 0.15) is 70.7 Å². The molecule has 0 aromatic heterocycles. The summed E-state index contributed by atoms with van der Waals surface area (Å²) in [6.07, 6.45) is 0. The maximum Gasteiger partial charge on any atom is 0.336 e. The van der Waals surface area contributed by atoms with Crippen LogP contribution in [0.3, 0.4) is 0 Å². The van der Waals surface area contributed by atoms with Gasteiger partial charge in [0.1, 0.15) is 0 Å². The predicted octanol–water partition coefficient (Wildman–Crippen LogP) is 7.40. The van der Waals surface area contributed by atoms with E-state index in [1.165, 1.54) is 0 Å². The molecule has 4 nitrogen and oxygen atoms in total. The number of aromatic carboxylic acids is 2. The smallest absolute Gasteiger partial charge is 0.336 e. The van der Waals surface area contributed by atoms with Crippen LogP contribution in [0, 0.1) is 0 Å². The average molecular weight is 479 g/mol. The number of rotatable bonds is 7. The molecule has 4 aromatic rings. The van der Waals surface area contributed by atoms with Crippen LogP contribution in [-0.4, -0.2) is 22.2 Å². The summed E-state index contributed by atoms with van der Waals surface area (Å²) in [7, 11) is 0. The van der Waals surface area contributed by atoms with E-state index >= 15 is 0 Å². The Bertz CT molecular complexity index is 1320. The summed E-state index contributed by atoms with van der Waals surface area (Å²) in [6.45, 7) is 7.94. The minimum atomic E-state index is -1.15. The number of carbonyl (C=O) groups is 2. The Hall–Kier alpha value is -4.18. The van der Waals surface area contributed by atoms with E-state index < -0.39 is 22.8 Å². The lowest BCUT2D eigenvalue weighted by Crippen LogP contribution is -2.29. The van der Waals surface area contributed by atoms with Crippen molar-refractivity contribution in [2.45, 2.75) is 38.5 Å². The molecule has 0 aliphatic rings. The van der Waals surface area contributed by atoms with Gasteiger partial charge in [0, 0.05) is 16.4 Å². The van der Waals surface area contributed by atoms with E-state index in [2.05, 4.69) is 0 Å². The molecule has 182 valence electrons. The Morgan fingerprint density at radius 1 is 0.556 bits per heavy atom. The molecule has 0 amide bonds. The third kappa shape index (κ3) is 4.31. The van der Waals surface area contributed by atoms with Crippen molar-refractivity contribution in [3.05, 3.63) is 130 Å². The molecule has 0 fully saturated rings. The van der Waals surface area contributed by atoms with Crippen LogP contribution in [0.15, 0.2) is 97.1 Å². The molecule has 0 atom stereocenters. The molecule has 0 saturated carbocycles. The summed E-state index contributed by atoms with van der Waals surface area (Å²) in [5.74, 6) is -2.31. The summed E-state index contributed by atoms with van der Waals surface area (Å²) < 4.78 is 0. The van der Waals surface area contributed by atoms with Gasteiger partial charge in [-0.1, -0.05) is 125 Å². The van der Waals surface area contributed by atoms with Crippen molar-refractivity contribution < 1.29 is 19.8 Å². The van der Waals surface area contributed by atoms with E-state index in [0.29, 0.717) is 16.7 Å². The molecule has 0 heterocycles. The number of hydrogen-bond acceptors (Lipinski definition) is 2. The molecule has 4 rings (SSSR count). The lowest BCUT2D eigenvalue weighted by Gasteiger charge is -2.34. The highest BCUT2D eigenvalue weighted by Crippen LogP contribution is 2.45. The van der Waals surface area contributed by atoms with Gasteiger partial charge in [-0.05, 0) is 27.8 Å².